The fourth-order valence-corrected chi connectivity index (χ4v) is 2.91. The summed E-state index contributed by atoms with van der Waals surface area (Å²) >= 11 is 0. The van der Waals surface area contributed by atoms with Gasteiger partial charge in [0.15, 0.2) is 0 Å². The molecular weight excluding hydrogens is 194 g/mol. The number of rotatable bonds is 1. The van der Waals surface area contributed by atoms with Crippen LogP contribution in [-0.4, -0.2) is 12.6 Å². The summed E-state index contributed by atoms with van der Waals surface area (Å²) in [6, 6.07) is 9.54. The van der Waals surface area contributed by atoms with Crippen LogP contribution in [0.4, 0.5) is 5.69 Å². The molecule has 0 saturated heterocycles. The first-order valence-corrected chi connectivity index (χ1v) is 6.38. The van der Waals surface area contributed by atoms with E-state index >= 15 is 0 Å². The van der Waals surface area contributed by atoms with Crippen LogP contribution in [0, 0.1) is 5.41 Å². The van der Waals surface area contributed by atoms with E-state index in [2.05, 4.69) is 56.9 Å². The number of para-hydroxylation sites is 1. The van der Waals surface area contributed by atoms with Gasteiger partial charge in [0.25, 0.3) is 0 Å². The molecule has 1 unspecified atom stereocenters. The summed E-state index contributed by atoms with van der Waals surface area (Å²) in [6.07, 6.45) is 2.52. The minimum Gasteiger partial charge on any atom is -0.368 e. The minimum atomic E-state index is 0.365. The standard InChI is InChI=1S/C15H23N/c1-5-16-13-9-7-6-8-12(13)10-11-14(16)15(2,3)4/h6-9,14H,5,10-11H2,1-4H3. The Balaban J connectivity index is 2.37. The van der Waals surface area contributed by atoms with E-state index < -0.39 is 0 Å². The van der Waals surface area contributed by atoms with Crippen LogP contribution in [0.5, 0.6) is 0 Å². The third-order valence-corrected chi connectivity index (χ3v) is 3.70. The van der Waals surface area contributed by atoms with E-state index in [1.165, 1.54) is 24.1 Å². The molecule has 0 aromatic heterocycles. The van der Waals surface area contributed by atoms with Gasteiger partial charge in [0.2, 0.25) is 0 Å². The second kappa shape index (κ2) is 4.12. The predicted molar refractivity (Wildman–Crippen MR) is 71.0 cm³/mol. The van der Waals surface area contributed by atoms with Gasteiger partial charge in [-0.3, -0.25) is 0 Å². The van der Waals surface area contributed by atoms with Gasteiger partial charge in [0.1, 0.15) is 0 Å². The zero-order valence-corrected chi connectivity index (χ0v) is 11.0. The molecule has 1 aliphatic heterocycles. The van der Waals surface area contributed by atoms with Gasteiger partial charge >= 0.3 is 0 Å². The van der Waals surface area contributed by atoms with E-state index in [-0.39, 0.29) is 0 Å². The first-order chi connectivity index (χ1) is 7.54. The molecule has 1 aliphatic rings. The number of aryl methyl sites for hydroxylation is 1. The SMILES string of the molecule is CCN1c2ccccc2CCC1C(C)(C)C. The maximum atomic E-state index is 2.58. The van der Waals surface area contributed by atoms with Crippen molar-refractivity contribution in [2.45, 2.75) is 46.6 Å². The maximum Gasteiger partial charge on any atom is 0.0401 e. The molecule has 88 valence electrons. The summed E-state index contributed by atoms with van der Waals surface area (Å²) in [7, 11) is 0. The Kier molecular flexibility index (Phi) is 2.96. The highest BCUT2D eigenvalue weighted by Gasteiger charge is 2.33. The fraction of sp³-hybridized carbons (Fsp3) is 0.600. The van der Waals surface area contributed by atoms with E-state index in [9.17, 15) is 0 Å². The second-order valence-electron chi connectivity index (χ2n) is 5.84. The molecule has 0 aliphatic carbocycles. The molecule has 0 saturated carbocycles. The first-order valence-electron chi connectivity index (χ1n) is 6.38. The van der Waals surface area contributed by atoms with Gasteiger partial charge in [-0.05, 0) is 36.8 Å². The molecular formula is C15H23N. The highest BCUT2D eigenvalue weighted by molar-refractivity contribution is 5.56. The molecule has 1 heteroatoms. The zero-order chi connectivity index (χ0) is 11.8. The second-order valence-corrected chi connectivity index (χ2v) is 5.84. The number of hydrogen-bond donors (Lipinski definition) is 0. The van der Waals surface area contributed by atoms with Crippen LogP contribution in [-0.2, 0) is 6.42 Å². The maximum absolute atomic E-state index is 2.58. The van der Waals surface area contributed by atoms with Crippen LogP contribution >= 0.6 is 0 Å². The van der Waals surface area contributed by atoms with Crippen molar-refractivity contribution in [3.8, 4) is 0 Å². The molecule has 1 atom stereocenters. The summed E-state index contributed by atoms with van der Waals surface area (Å²) < 4.78 is 0. The number of anilines is 1. The molecule has 16 heavy (non-hydrogen) atoms. The fourth-order valence-electron chi connectivity index (χ4n) is 2.91. The van der Waals surface area contributed by atoms with Crippen molar-refractivity contribution in [3.63, 3.8) is 0 Å². The van der Waals surface area contributed by atoms with E-state index in [0.717, 1.165) is 6.54 Å². The molecule has 1 heterocycles. The molecule has 0 bridgehead atoms. The smallest absolute Gasteiger partial charge is 0.0401 e. The Hall–Kier alpha value is -0.980. The summed E-state index contributed by atoms with van der Waals surface area (Å²) in [4.78, 5) is 2.58. The molecule has 2 rings (SSSR count). The Morgan fingerprint density at radius 3 is 2.56 bits per heavy atom. The van der Waals surface area contributed by atoms with Crippen LogP contribution in [0.1, 0.15) is 39.7 Å². The topological polar surface area (TPSA) is 3.24 Å². The summed E-state index contributed by atoms with van der Waals surface area (Å²) in [6.45, 7) is 10.4. The van der Waals surface area contributed by atoms with Gasteiger partial charge in [-0.25, -0.2) is 0 Å². The van der Waals surface area contributed by atoms with Crippen molar-refractivity contribution in [3.05, 3.63) is 29.8 Å². The van der Waals surface area contributed by atoms with E-state index in [1.54, 1.807) is 0 Å². The Labute approximate surface area is 99.5 Å². The lowest BCUT2D eigenvalue weighted by Crippen LogP contribution is -2.47. The van der Waals surface area contributed by atoms with Crippen molar-refractivity contribution in [2.24, 2.45) is 5.41 Å². The molecule has 0 amide bonds. The summed E-state index contributed by atoms with van der Waals surface area (Å²) in [5.41, 5.74) is 3.34. The van der Waals surface area contributed by atoms with E-state index in [4.69, 9.17) is 0 Å². The molecule has 1 aromatic rings. The average molecular weight is 217 g/mol. The van der Waals surface area contributed by atoms with Gasteiger partial charge in [-0.1, -0.05) is 39.0 Å². The van der Waals surface area contributed by atoms with E-state index in [1.807, 2.05) is 0 Å². The number of fused-ring (bicyclic) bond motifs is 1. The molecule has 1 nitrogen and oxygen atoms in total. The van der Waals surface area contributed by atoms with Gasteiger partial charge in [-0.15, -0.1) is 0 Å². The van der Waals surface area contributed by atoms with Crippen molar-refractivity contribution in [1.29, 1.82) is 0 Å². The largest absolute Gasteiger partial charge is 0.368 e. The first kappa shape index (κ1) is 11.5. The molecule has 0 spiro atoms. The average Bonchev–Trinajstić information content (AvgIpc) is 2.26. The third kappa shape index (κ3) is 1.95. The van der Waals surface area contributed by atoms with Gasteiger partial charge < -0.3 is 4.90 Å². The lowest BCUT2D eigenvalue weighted by Gasteiger charge is -2.45. The molecule has 0 fully saturated rings. The number of hydrogen-bond acceptors (Lipinski definition) is 1. The lowest BCUT2D eigenvalue weighted by atomic mass is 9.79. The van der Waals surface area contributed by atoms with E-state index in [0.29, 0.717) is 11.5 Å². The summed E-state index contributed by atoms with van der Waals surface area (Å²) in [5.74, 6) is 0. The van der Waals surface area contributed by atoms with Crippen molar-refractivity contribution in [1.82, 2.24) is 0 Å². The number of benzene rings is 1. The van der Waals surface area contributed by atoms with Gasteiger partial charge in [0, 0.05) is 18.3 Å². The Bertz CT molecular complexity index is 362. The molecule has 1 aromatic carbocycles. The van der Waals surface area contributed by atoms with Crippen LogP contribution in [0.2, 0.25) is 0 Å². The third-order valence-electron chi connectivity index (χ3n) is 3.70. The zero-order valence-electron chi connectivity index (χ0n) is 11.0. The summed E-state index contributed by atoms with van der Waals surface area (Å²) in [5, 5.41) is 0. The van der Waals surface area contributed by atoms with Crippen molar-refractivity contribution in [2.75, 3.05) is 11.4 Å². The van der Waals surface area contributed by atoms with Crippen LogP contribution in [0.25, 0.3) is 0 Å². The van der Waals surface area contributed by atoms with Crippen LogP contribution < -0.4 is 4.90 Å². The molecule has 0 radical (unpaired) electrons. The quantitative estimate of drug-likeness (QED) is 0.690. The van der Waals surface area contributed by atoms with Crippen LogP contribution in [0.3, 0.4) is 0 Å². The Morgan fingerprint density at radius 2 is 1.94 bits per heavy atom. The Morgan fingerprint density at radius 1 is 1.25 bits per heavy atom. The van der Waals surface area contributed by atoms with Gasteiger partial charge in [0.05, 0.1) is 0 Å². The minimum absolute atomic E-state index is 0.365. The highest BCUT2D eigenvalue weighted by atomic mass is 15.2. The molecule has 0 N–H and O–H groups in total. The van der Waals surface area contributed by atoms with Gasteiger partial charge in [-0.2, -0.15) is 0 Å². The normalized spacial score (nSPS) is 20.8. The highest BCUT2D eigenvalue weighted by Crippen LogP contribution is 2.37. The van der Waals surface area contributed by atoms with Crippen LogP contribution in [0.15, 0.2) is 24.3 Å². The van der Waals surface area contributed by atoms with Crippen molar-refractivity contribution >= 4 is 5.69 Å². The number of nitrogens with zero attached hydrogens (tertiary/aromatic N) is 1. The monoisotopic (exact) mass is 217 g/mol. The van der Waals surface area contributed by atoms with Crippen molar-refractivity contribution < 1.29 is 0 Å². The predicted octanol–water partition coefficient (Wildman–Crippen LogP) is 3.87. The lowest BCUT2D eigenvalue weighted by molar-refractivity contribution is 0.283.